The quantitative estimate of drug-likeness (QED) is 0.494. The van der Waals surface area contributed by atoms with E-state index in [1.54, 1.807) is 6.07 Å². The molecule has 1 amide bonds. The van der Waals surface area contributed by atoms with E-state index in [0.29, 0.717) is 42.8 Å². The Labute approximate surface area is 189 Å². The Kier molecular flexibility index (Phi) is 5.24. The molecule has 0 bridgehead atoms. The second kappa shape index (κ2) is 8.22. The van der Waals surface area contributed by atoms with Crippen LogP contribution >= 0.6 is 11.6 Å². The summed E-state index contributed by atoms with van der Waals surface area (Å²) in [6, 6.07) is 13.4. The first-order valence-corrected chi connectivity index (χ1v) is 10.7. The van der Waals surface area contributed by atoms with Crippen LogP contribution in [-0.4, -0.2) is 50.3 Å². The van der Waals surface area contributed by atoms with E-state index < -0.39 is 0 Å². The number of benzene rings is 2. The second-order valence-electron chi connectivity index (χ2n) is 8.01. The molecule has 8 nitrogen and oxygen atoms in total. The lowest BCUT2D eigenvalue weighted by atomic mass is 10.1. The SMILES string of the molecule is Nc1nc2cc(Cl)ccc2cc1CN1CCN(Cc2ccc3c(N)ncnc3c2)C(=O)C1. The Hall–Kier alpha value is -3.49. The Morgan fingerprint density at radius 3 is 2.66 bits per heavy atom. The summed E-state index contributed by atoms with van der Waals surface area (Å²) in [5.41, 5.74) is 15.5. The molecule has 9 heteroatoms. The molecule has 0 unspecified atom stereocenters. The van der Waals surface area contributed by atoms with Crippen LogP contribution < -0.4 is 11.5 Å². The van der Waals surface area contributed by atoms with Gasteiger partial charge in [-0.15, -0.1) is 0 Å². The van der Waals surface area contributed by atoms with Crippen molar-refractivity contribution in [3.63, 3.8) is 0 Å². The van der Waals surface area contributed by atoms with Crippen LogP contribution in [0.4, 0.5) is 11.6 Å². The van der Waals surface area contributed by atoms with Crippen molar-refractivity contribution in [2.45, 2.75) is 13.1 Å². The lowest BCUT2D eigenvalue weighted by molar-refractivity contribution is -0.136. The number of hydrogen-bond acceptors (Lipinski definition) is 7. The predicted octanol–water partition coefficient (Wildman–Crippen LogP) is 2.84. The molecule has 1 aliphatic rings. The molecule has 1 aliphatic heterocycles. The summed E-state index contributed by atoms with van der Waals surface area (Å²) in [4.78, 5) is 29.6. The minimum absolute atomic E-state index is 0.0812. The Morgan fingerprint density at radius 2 is 1.81 bits per heavy atom. The summed E-state index contributed by atoms with van der Waals surface area (Å²) in [6.07, 6.45) is 1.45. The van der Waals surface area contributed by atoms with Gasteiger partial charge in [0.25, 0.3) is 0 Å². The maximum atomic E-state index is 12.8. The summed E-state index contributed by atoms with van der Waals surface area (Å²) in [5.74, 6) is 1.00. The summed E-state index contributed by atoms with van der Waals surface area (Å²) >= 11 is 6.05. The van der Waals surface area contributed by atoms with Crippen LogP contribution in [-0.2, 0) is 17.9 Å². The number of hydrogen-bond donors (Lipinski definition) is 2. The van der Waals surface area contributed by atoms with Crippen LogP contribution in [0.2, 0.25) is 5.02 Å². The molecule has 32 heavy (non-hydrogen) atoms. The topological polar surface area (TPSA) is 114 Å². The molecule has 0 saturated carbocycles. The first kappa shape index (κ1) is 20.4. The van der Waals surface area contributed by atoms with E-state index in [4.69, 9.17) is 23.1 Å². The number of carbonyl (C=O) groups is 1. The highest BCUT2D eigenvalue weighted by atomic mass is 35.5. The molecule has 1 saturated heterocycles. The number of fused-ring (bicyclic) bond motifs is 2. The fourth-order valence-electron chi connectivity index (χ4n) is 4.07. The minimum Gasteiger partial charge on any atom is -0.383 e. The van der Waals surface area contributed by atoms with Gasteiger partial charge in [0.05, 0.1) is 17.6 Å². The first-order valence-electron chi connectivity index (χ1n) is 10.3. The Morgan fingerprint density at radius 1 is 0.938 bits per heavy atom. The van der Waals surface area contributed by atoms with Gasteiger partial charge in [-0.25, -0.2) is 15.0 Å². The number of amides is 1. The fourth-order valence-corrected chi connectivity index (χ4v) is 4.23. The van der Waals surface area contributed by atoms with Gasteiger partial charge in [-0.3, -0.25) is 9.69 Å². The van der Waals surface area contributed by atoms with Gasteiger partial charge in [-0.1, -0.05) is 23.7 Å². The van der Waals surface area contributed by atoms with Crippen molar-refractivity contribution >= 4 is 50.9 Å². The van der Waals surface area contributed by atoms with E-state index in [-0.39, 0.29) is 5.91 Å². The molecule has 0 radical (unpaired) electrons. The average Bonchev–Trinajstić information content (AvgIpc) is 2.76. The van der Waals surface area contributed by atoms with Crippen molar-refractivity contribution in [3.8, 4) is 0 Å². The Bertz CT molecular complexity index is 1340. The molecule has 3 heterocycles. The summed E-state index contributed by atoms with van der Waals surface area (Å²) in [7, 11) is 0. The van der Waals surface area contributed by atoms with E-state index in [2.05, 4.69) is 19.9 Å². The lowest BCUT2D eigenvalue weighted by Gasteiger charge is -2.34. The minimum atomic E-state index is 0.0812. The molecule has 1 fully saturated rings. The summed E-state index contributed by atoms with van der Waals surface area (Å²) in [6.45, 7) is 2.84. The van der Waals surface area contributed by atoms with Crippen molar-refractivity contribution in [2.75, 3.05) is 31.1 Å². The van der Waals surface area contributed by atoms with Gasteiger partial charge in [-0.2, -0.15) is 0 Å². The van der Waals surface area contributed by atoms with Gasteiger partial charge in [0, 0.05) is 47.5 Å². The number of nitrogens with two attached hydrogens (primary N) is 2. The number of nitrogen functional groups attached to an aromatic ring is 2. The molecule has 0 aliphatic carbocycles. The molecule has 2 aromatic carbocycles. The van der Waals surface area contributed by atoms with Crippen LogP contribution in [0.25, 0.3) is 21.8 Å². The van der Waals surface area contributed by atoms with Crippen molar-refractivity contribution in [1.29, 1.82) is 0 Å². The van der Waals surface area contributed by atoms with Crippen molar-refractivity contribution < 1.29 is 4.79 Å². The number of rotatable bonds is 4. The van der Waals surface area contributed by atoms with Crippen LogP contribution in [0, 0.1) is 0 Å². The van der Waals surface area contributed by atoms with E-state index in [1.807, 2.05) is 41.3 Å². The maximum absolute atomic E-state index is 12.8. The van der Waals surface area contributed by atoms with Gasteiger partial charge >= 0.3 is 0 Å². The smallest absolute Gasteiger partial charge is 0.237 e. The van der Waals surface area contributed by atoms with Crippen molar-refractivity contribution in [3.05, 3.63) is 64.9 Å². The number of aromatic nitrogens is 3. The maximum Gasteiger partial charge on any atom is 0.237 e. The zero-order chi connectivity index (χ0) is 22.2. The van der Waals surface area contributed by atoms with Crippen molar-refractivity contribution in [1.82, 2.24) is 24.8 Å². The molecule has 2 aromatic heterocycles. The van der Waals surface area contributed by atoms with Crippen LogP contribution in [0.3, 0.4) is 0 Å². The monoisotopic (exact) mass is 447 g/mol. The Balaban J connectivity index is 1.27. The van der Waals surface area contributed by atoms with E-state index in [1.165, 1.54) is 6.33 Å². The normalized spacial score (nSPS) is 15.0. The first-order chi connectivity index (χ1) is 15.5. The zero-order valence-electron chi connectivity index (χ0n) is 17.3. The molecule has 0 atom stereocenters. The highest BCUT2D eigenvalue weighted by Crippen LogP contribution is 2.24. The van der Waals surface area contributed by atoms with Gasteiger partial charge in [0.2, 0.25) is 5.91 Å². The standard InChI is InChI=1S/C23H22ClN7O/c24-17-3-2-15-8-16(22(25)29-19(15)9-17)11-30-5-6-31(21(32)12-30)10-14-1-4-18-20(7-14)27-13-28-23(18)26/h1-4,7-9,13H,5-6,10-12H2,(H2,25,29)(H2,26,27,28). The number of pyridine rings is 1. The summed E-state index contributed by atoms with van der Waals surface area (Å²) in [5, 5.41) is 2.42. The lowest BCUT2D eigenvalue weighted by Crippen LogP contribution is -2.49. The highest BCUT2D eigenvalue weighted by Gasteiger charge is 2.25. The molecule has 162 valence electrons. The van der Waals surface area contributed by atoms with Gasteiger partial charge in [-0.05, 0) is 35.9 Å². The summed E-state index contributed by atoms with van der Waals surface area (Å²) < 4.78 is 0. The number of piperazine rings is 1. The third-order valence-electron chi connectivity index (χ3n) is 5.79. The molecule has 4 aromatic rings. The largest absolute Gasteiger partial charge is 0.383 e. The third kappa shape index (κ3) is 4.02. The van der Waals surface area contributed by atoms with E-state index in [0.717, 1.165) is 39.5 Å². The van der Waals surface area contributed by atoms with Gasteiger partial charge in [0.1, 0.15) is 18.0 Å². The van der Waals surface area contributed by atoms with Crippen LogP contribution in [0.1, 0.15) is 11.1 Å². The van der Waals surface area contributed by atoms with Crippen LogP contribution in [0.5, 0.6) is 0 Å². The average molecular weight is 448 g/mol. The molecule has 5 rings (SSSR count). The second-order valence-corrected chi connectivity index (χ2v) is 8.44. The number of nitrogens with zero attached hydrogens (tertiary/aromatic N) is 5. The molecule has 4 N–H and O–H groups in total. The number of anilines is 2. The highest BCUT2D eigenvalue weighted by molar-refractivity contribution is 6.31. The molecular formula is C23H22ClN7O. The molecular weight excluding hydrogens is 426 g/mol. The third-order valence-corrected chi connectivity index (χ3v) is 6.02. The number of halogens is 1. The van der Waals surface area contributed by atoms with Gasteiger partial charge in [0.15, 0.2) is 0 Å². The van der Waals surface area contributed by atoms with Crippen LogP contribution in [0.15, 0.2) is 48.8 Å². The number of carbonyl (C=O) groups excluding carboxylic acids is 1. The fraction of sp³-hybridized carbons (Fsp3) is 0.217. The molecule has 0 spiro atoms. The van der Waals surface area contributed by atoms with Crippen molar-refractivity contribution in [2.24, 2.45) is 0 Å². The zero-order valence-corrected chi connectivity index (χ0v) is 18.1. The van der Waals surface area contributed by atoms with Gasteiger partial charge < -0.3 is 16.4 Å². The van der Waals surface area contributed by atoms with E-state index >= 15 is 0 Å². The van der Waals surface area contributed by atoms with E-state index in [9.17, 15) is 4.79 Å². The predicted molar refractivity (Wildman–Crippen MR) is 126 cm³/mol.